The van der Waals surface area contributed by atoms with Crippen molar-refractivity contribution in [3.05, 3.63) is 52.8 Å². The Labute approximate surface area is 213 Å². The van der Waals surface area contributed by atoms with Crippen LogP contribution in [0.1, 0.15) is 26.5 Å². The Morgan fingerprint density at radius 3 is 2.54 bits per heavy atom. The number of aliphatic hydroxyl groups excluding tert-OH is 1. The number of halogens is 3. The Balaban J connectivity index is 0.000000751. The number of alkyl halides is 2. The summed E-state index contributed by atoms with van der Waals surface area (Å²) in [6, 6.07) is 8.86. The van der Waals surface area contributed by atoms with Crippen molar-refractivity contribution in [1.82, 2.24) is 14.6 Å². The first-order chi connectivity index (χ1) is 17.7. The molecule has 0 aliphatic carbocycles. The monoisotopic (exact) mass is 552 g/mol. The topological polar surface area (TPSA) is 147 Å². The van der Waals surface area contributed by atoms with E-state index < -0.39 is 51.2 Å². The summed E-state index contributed by atoms with van der Waals surface area (Å²) in [5.41, 5.74) is 4.49. The van der Waals surface area contributed by atoms with Gasteiger partial charge in [-0.25, -0.2) is 23.1 Å². The maximum absolute atomic E-state index is 13.6. The molecule has 15 heteroatoms. The standard InChI is InChI=1S/C17H20FN4O6P.C4H10O.CH2F2/c18-12-9-22(17(25)21-16(12)19)15-8-13(24)14(27-15)10-26-29(20-6-7-23)28-11-4-2-1-3-5-11;1-4(2)5-3;2-1-3/h1-5,7,9,13-15,20,24H,6,8,10H2,(H2,19,21,25);4H,1-3H3;1H2. The molecule has 0 bridgehead atoms. The molecule has 2 aromatic rings. The van der Waals surface area contributed by atoms with Gasteiger partial charge in [0, 0.05) is 13.5 Å². The number of aromatic nitrogens is 2. The van der Waals surface area contributed by atoms with Gasteiger partial charge in [-0.05, 0) is 26.0 Å². The van der Waals surface area contributed by atoms with E-state index in [1.165, 1.54) is 0 Å². The molecule has 37 heavy (non-hydrogen) atoms. The number of hydrogen-bond donors (Lipinski definition) is 3. The molecular weight excluding hydrogens is 520 g/mol. The van der Waals surface area contributed by atoms with Crippen LogP contribution in [0.15, 0.2) is 41.3 Å². The second-order valence-corrected chi connectivity index (χ2v) is 8.74. The maximum atomic E-state index is 13.6. The highest BCUT2D eigenvalue weighted by Gasteiger charge is 2.36. The molecule has 4 unspecified atom stereocenters. The number of rotatable bonds is 10. The molecular formula is C22H32F3N4O7P. The first-order valence-corrected chi connectivity index (χ1v) is 12.2. The quantitative estimate of drug-likeness (QED) is 0.297. The average Bonchev–Trinajstić information content (AvgIpc) is 3.24. The minimum Gasteiger partial charge on any atom is -0.436 e. The summed E-state index contributed by atoms with van der Waals surface area (Å²) in [7, 11) is 0.00705. The van der Waals surface area contributed by atoms with Gasteiger partial charge < -0.3 is 34.2 Å². The fourth-order valence-corrected chi connectivity index (χ4v) is 3.66. The maximum Gasteiger partial charge on any atom is 0.351 e. The van der Waals surface area contributed by atoms with Crippen molar-refractivity contribution in [1.29, 1.82) is 0 Å². The molecule has 0 spiro atoms. The molecule has 4 N–H and O–H groups in total. The van der Waals surface area contributed by atoms with Crippen LogP contribution in [0, 0.1) is 5.82 Å². The number of carbonyl (C=O) groups excluding carboxylic acids is 1. The van der Waals surface area contributed by atoms with E-state index in [4.69, 9.17) is 24.3 Å². The minimum atomic E-state index is -1.75. The molecule has 1 fully saturated rings. The van der Waals surface area contributed by atoms with Gasteiger partial charge in [-0.15, -0.1) is 0 Å². The van der Waals surface area contributed by atoms with Crippen LogP contribution in [0.3, 0.4) is 0 Å². The van der Waals surface area contributed by atoms with Crippen LogP contribution in [-0.2, 0) is 18.8 Å². The van der Waals surface area contributed by atoms with Crippen LogP contribution in [0.2, 0.25) is 0 Å². The number of benzene rings is 1. The van der Waals surface area contributed by atoms with Crippen LogP contribution in [0.25, 0.3) is 0 Å². The number of aldehydes is 1. The lowest BCUT2D eigenvalue weighted by atomic mass is 10.2. The van der Waals surface area contributed by atoms with Gasteiger partial charge >= 0.3 is 14.2 Å². The third-order valence-corrected chi connectivity index (χ3v) is 5.71. The second kappa shape index (κ2) is 17.8. The Kier molecular flexibility index (Phi) is 15.6. The van der Waals surface area contributed by atoms with E-state index in [2.05, 4.69) is 10.1 Å². The number of para-hydroxylation sites is 1. The lowest BCUT2D eigenvalue weighted by molar-refractivity contribution is -0.107. The van der Waals surface area contributed by atoms with Gasteiger partial charge in [0.15, 0.2) is 11.6 Å². The van der Waals surface area contributed by atoms with Gasteiger partial charge in [0.1, 0.15) is 24.4 Å². The SMILES string of the molecule is COC(C)C.FCF.Nc1nc(=O)n(C2CC(O)C(COP(NCC=O)Oc3ccccc3)O2)cc1F. The number of nitrogens with one attached hydrogen (secondary N) is 1. The summed E-state index contributed by atoms with van der Waals surface area (Å²) in [5, 5.41) is 13.1. The highest BCUT2D eigenvalue weighted by molar-refractivity contribution is 7.45. The predicted octanol–water partition coefficient (Wildman–Crippen LogP) is 2.65. The van der Waals surface area contributed by atoms with E-state index in [1.807, 2.05) is 19.9 Å². The molecule has 0 radical (unpaired) electrons. The van der Waals surface area contributed by atoms with Gasteiger partial charge in [0.2, 0.25) is 6.93 Å². The number of anilines is 1. The average molecular weight is 552 g/mol. The first kappa shape index (κ1) is 32.4. The molecule has 11 nitrogen and oxygen atoms in total. The highest BCUT2D eigenvalue weighted by Crippen LogP contribution is 2.37. The summed E-state index contributed by atoms with van der Waals surface area (Å²) in [4.78, 5) is 26.0. The Morgan fingerprint density at radius 2 is 1.97 bits per heavy atom. The fourth-order valence-electron chi connectivity index (χ4n) is 2.63. The highest BCUT2D eigenvalue weighted by atomic mass is 31.2. The molecule has 1 saturated heterocycles. The van der Waals surface area contributed by atoms with Crippen LogP contribution in [0.4, 0.5) is 19.0 Å². The van der Waals surface area contributed by atoms with Gasteiger partial charge in [-0.1, -0.05) is 18.2 Å². The van der Waals surface area contributed by atoms with Gasteiger partial charge in [-0.3, -0.25) is 4.57 Å². The van der Waals surface area contributed by atoms with E-state index in [0.29, 0.717) is 18.1 Å². The van der Waals surface area contributed by atoms with Gasteiger partial charge in [-0.2, -0.15) is 4.98 Å². The zero-order valence-corrected chi connectivity index (χ0v) is 21.5. The summed E-state index contributed by atoms with van der Waals surface area (Å²) in [6.07, 6.45) is -0.699. The lowest BCUT2D eigenvalue weighted by Crippen LogP contribution is -2.29. The van der Waals surface area contributed by atoms with E-state index in [0.717, 1.165) is 10.8 Å². The zero-order chi connectivity index (χ0) is 27.8. The molecule has 1 aromatic heterocycles. The number of aliphatic hydroxyl groups is 1. The van der Waals surface area contributed by atoms with Crippen molar-refractivity contribution >= 4 is 20.6 Å². The summed E-state index contributed by atoms with van der Waals surface area (Å²) in [6.45, 7) is 2.18. The smallest absolute Gasteiger partial charge is 0.351 e. The number of nitrogens with two attached hydrogens (primary N) is 1. The summed E-state index contributed by atoms with van der Waals surface area (Å²) in [5.74, 6) is -0.826. The van der Waals surface area contributed by atoms with Crippen molar-refractivity contribution in [2.45, 2.75) is 44.8 Å². The van der Waals surface area contributed by atoms with Crippen molar-refractivity contribution in [2.75, 3.05) is 32.9 Å². The molecule has 4 atom stereocenters. The molecule has 1 aliphatic rings. The zero-order valence-electron chi connectivity index (χ0n) is 20.6. The van der Waals surface area contributed by atoms with Crippen molar-refractivity contribution in [3.8, 4) is 5.75 Å². The van der Waals surface area contributed by atoms with Crippen LogP contribution in [-0.4, -0.2) is 66.4 Å². The predicted molar refractivity (Wildman–Crippen MR) is 131 cm³/mol. The van der Waals surface area contributed by atoms with Crippen LogP contribution < -0.4 is 21.0 Å². The molecule has 1 aromatic carbocycles. The molecule has 2 heterocycles. The molecule has 0 amide bonds. The van der Waals surface area contributed by atoms with E-state index in [-0.39, 0.29) is 19.6 Å². The molecule has 1 aliphatic heterocycles. The number of methoxy groups -OCH3 is 1. The van der Waals surface area contributed by atoms with E-state index >= 15 is 0 Å². The van der Waals surface area contributed by atoms with E-state index in [1.54, 1.807) is 31.4 Å². The third-order valence-electron chi connectivity index (χ3n) is 4.51. The Morgan fingerprint density at radius 1 is 1.35 bits per heavy atom. The van der Waals surface area contributed by atoms with Crippen molar-refractivity contribution in [3.63, 3.8) is 0 Å². The Bertz CT molecular complexity index is 975. The normalized spacial score (nSPS) is 19.3. The minimum absolute atomic E-state index is 0.0149. The molecule has 3 rings (SSSR count). The number of nitrogen functional groups attached to an aromatic ring is 1. The third kappa shape index (κ3) is 12.0. The van der Waals surface area contributed by atoms with Crippen LogP contribution in [0.5, 0.6) is 5.75 Å². The number of nitrogens with zero attached hydrogens (tertiary/aromatic N) is 2. The number of ether oxygens (including phenoxy) is 2. The molecule has 208 valence electrons. The van der Waals surface area contributed by atoms with Crippen molar-refractivity contribution in [2.24, 2.45) is 0 Å². The fraction of sp³-hybridized carbons (Fsp3) is 0.500. The van der Waals surface area contributed by atoms with E-state index in [9.17, 15) is 27.9 Å². The largest absolute Gasteiger partial charge is 0.436 e. The number of carbonyl (C=O) groups is 1. The van der Waals surface area contributed by atoms with Crippen LogP contribution >= 0.6 is 8.53 Å². The number of hydrogen-bond acceptors (Lipinski definition) is 10. The van der Waals surface area contributed by atoms with Gasteiger partial charge in [0.05, 0.1) is 31.6 Å². The molecule has 0 saturated carbocycles. The lowest BCUT2D eigenvalue weighted by Gasteiger charge is -2.21. The summed E-state index contributed by atoms with van der Waals surface area (Å²) < 4.78 is 55.5. The van der Waals surface area contributed by atoms with Gasteiger partial charge in [0.25, 0.3) is 0 Å². The van der Waals surface area contributed by atoms with Crippen molar-refractivity contribution < 1.29 is 41.6 Å². The second-order valence-electron chi connectivity index (χ2n) is 7.47. The summed E-state index contributed by atoms with van der Waals surface area (Å²) >= 11 is 0. The Hall–Kier alpha value is -2.61. The first-order valence-electron chi connectivity index (χ1n) is 11.0.